The molecule has 4 N–H and O–H groups in total. The van der Waals surface area contributed by atoms with Crippen molar-refractivity contribution in [1.29, 1.82) is 0 Å². The number of nitrogen functional groups attached to an aromatic ring is 1. The first-order chi connectivity index (χ1) is 7.51. The Hall–Kier alpha value is -1.37. The first kappa shape index (κ1) is 12.7. The van der Waals surface area contributed by atoms with Crippen molar-refractivity contribution in [2.75, 3.05) is 35.4 Å². The van der Waals surface area contributed by atoms with E-state index in [-0.39, 0.29) is 12.0 Å². The van der Waals surface area contributed by atoms with Crippen LogP contribution in [0, 0.1) is 0 Å². The third kappa shape index (κ3) is 4.01. The Bertz CT molecular complexity index is 384. The molecule has 2 unspecified atom stereocenters. The number of anilines is 3. The Morgan fingerprint density at radius 2 is 2.12 bits per heavy atom. The van der Waals surface area contributed by atoms with Crippen LogP contribution in [0.4, 0.5) is 17.6 Å². The molecule has 0 bridgehead atoms. The van der Waals surface area contributed by atoms with Gasteiger partial charge in [-0.25, -0.2) is 0 Å². The summed E-state index contributed by atoms with van der Waals surface area (Å²) in [6, 6.07) is 1.83. The lowest BCUT2D eigenvalue weighted by Crippen LogP contribution is -2.23. The van der Waals surface area contributed by atoms with Gasteiger partial charge in [-0.1, -0.05) is 0 Å². The molecule has 1 aromatic heterocycles. The first-order valence-electron chi connectivity index (χ1n) is 4.90. The lowest BCUT2D eigenvalue weighted by Gasteiger charge is -2.13. The predicted octanol–water partition coefficient (Wildman–Crippen LogP) is 0.279. The van der Waals surface area contributed by atoms with Crippen molar-refractivity contribution >= 4 is 28.4 Å². The Balaban J connectivity index is 2.72. The summed E-state index contributed by atoms with van der Waals surface area (Å²) in [4.78, 5) is 8.02. The summed E-state index contributed by atoms with van der Waals surface area (Å²) in [6.45, 7) is 1.94. The van der Waals surface area contributed by atoms with Crippen LogP contribution in [0.1, 0.15) is 6.92 Å². The molecule has 0 amide bonds. The minimum atomic E-state index is -0.835. The van der Waals surface area contributed by atoms with Crippen molar-refractivity contribution in [3.63, 3.8) is 0 Å². The van der Waals surface area contributed by atoms with E-state index in [2.05, 4.69) is 20.6 Å². The molecular formula is C9H17N5OS. The number of hydrogen-bond acceptors (Lipinski definition) is 6. The minimum absolute atomic E-state index is 0.0739. The minimum Gasteiger partial charge on any atom is -0.373 e. The van der Waals surface area contributed by atoms with E-state index in [1.165, 1.54) is 0 Å². The van der Waals surface area contributed by atoms with Crippen LogP contribution >= 0.6 is 0 Å². The molecule has 6 nitrogen and oxygen atoms in total. The van der Waals surface area contributed by atoms with Gasteiger partial charge >= 0.3 is 0 Å². The summed E-state index contributed by atoms with van der Waals surface area (Å²) in [7, 11) is 0.925. The topological polar surface area (TPSA) is 92.9 Å². The second kappa shape index (κ2) is 5.64. The SMILES string of the molecule is CNc1cc(NC(C)CS(C)=O)nc(N)n1. The number of nitrogens with two attached hydrogens (primary N) is 1. The van der Waals surface area contributed by atoms with Crippen LogP contribution < -0.4 is 16.4 Å². The van der Waals surface area contributed by atoms with Gasteiger partial charge in [0.05, 0.1) is 0 Å². The van der Waals surface area contributed by atoms with Gasteiger partial charge in [-0.05, 0) is 6.92 Å². The third-order valence-corrected chi connectivity index (χ3v) is 2.85. The van der Waals surface area contributed by atoms with Crippen molar-refractivity contribution in [1.82, 2.24) is 9.97 Å². The van der Waals surface area contributed by atoms with E-state index in [0.29, 0.717) is 17.4 Å². The molecule has 0 aliphatic carbocycles. The molecule has 90 valence electrons. The van der Waals surface area contributed by atoms with Crippen LogP contribution in [0.25, 0.3) is 0 Å². The fraction of sp³-hybridized carbons (Fsp3) is 0.556. The summed E-state index contributed by atoms with van der Waals surface area (Å²) >= 11 is 0. The quantitative estimate of drug-likeness (QED) is 0.688. The molecule has 0 radical (unpaired) electrons. The number of rotatable bonds is 5. The molecule has 0 spiro atoms. The molecule has 0 fully saturated rings. The fourth-order valence-corrected chi connectivity index (χ4v) is 2.10. The number of nitrogens with zero attached hydrogens (tertiary/aromatic N) is 2. The van der Waals surface area contributed by atoms with Gasteiger partial charge in [-0.15, -0.1) is 0 Å². The van der Waals surface area contributed by atoms with E-state index in [0.717, 1.165) is 0 Å². The van der Waals surface area contributed by atoms with Gasteiger partial charge in [0.25, 0.3) is 0 Å². The van der Waals surface area contributed by atoms with Gasteiger partial charge in [0.15, 0.2) is 0 Å². The van der Waals surface area contributed by atoms with E-state index in [1.54, 1.807) is 19.4 Å². The van der Waals surface area contributed by atoms with Crippen molar-refractivity contribution in [3.8, 4) is 0 Å². The van der Waals surface area contributed by atoms with Gasteiger partial charge in [0.1, 0.15) is 11.6 Å². The highest BCUT2D eigenvalue weighted by molar-refractivity contribution is 7.84. The van der Waals surface area contributed by atoms with Crippen molar-refractivity contribution in [3.05, 3.63) is 6.07 Å². The summed E-state index contributed by atoms with van der Waals surface area (Å²) in [5.74, 6) is 2.06. The lowest BCUT2D eigenvalue weighted by molar-refractivity contribution is 0.683. The Kier molecular flexibility index (Phi) is 4.48. The lowest BCUT2D eigenvalue weighted by atomic mass is 10.4. The average molecular weight is 243 g/mol. The van der Waals surface area contributed by atoms with Crippen LogP contribution in [0.3, 0.4) is 0 Å². The van der Waals surface area contributed by atoms with E-state index < -0.39 is 10.8 Å². The normalized spacial score (nSPS) is 14.2. The van der Waals surface area contributed by atoms with E-state index in [1.807, 2.05) is 6.92 Å². The highest BCUT2D eigenvalue weighted by atomic mass is 32.2. The summed E-state index contributed by atoms with van der Waals surface area (Å²) in [5.41, 5.74) is 5.55. The third-order valence-electron chi connectivity index (χ3n) is 1.88. The molecule has 7 heteroatoms. The molecule has 1 rings (SSSR count). The van der Waals surface area contributed by atoms with Gasteiger partial charge in [0, 0.05) is 42.0 Å². The molecule has 0 aliphatic rings. The van der Waals surface area contributed by atoms with Crippen molar-refractivity contribution in [2.24, 2.45) is 0 Å². The number of aromatic nitrogens is 2. The Morgan fingerprint density at radius 3 is 2.69 bits per heavy atom. The van der Waals surface area contributed by atoms with Gasteiger partial charge < -0.3 is 16.4 Å². The standard InChI is InChI=1S/C9H17N5OS/c1-6(5-16(3)15)12-8-4-7(11-2)13-9(10)14-8/h4,6H,5H2,1-3H3,(H4,10,11,12,13,14). The second-order valence-electron chi connectivity index (χ2n) is 3.53. The van der Waals surface area contributed by atoms with Crippen LogP contribution in [0.2, 0.25) is 0 Å². The highest BCUT2D eigenvalue weighted by Gasteiger charge is 2.07. The average Bonchev–Trinajstić information content (AvgIpc) is 2.14. The second-order valence-corrected chi connectivity index (χ2v) is 5.01. The largest absolute Gasteiger partial charge is 0.373 e. The zero-order valence-electron chi connectivity index (χ0n) is 9.65. The van der Waals surface area contributed by atoms with E-state index in [9.17, 15) is 4.21 Å². The maximum atomic E-state index is 11.0. The maximum absolute atomic E-state index is 11.0. The molecule has 0 saturated heterocycles. The molecule has 0 saturated carbocycles. The zero-order chi connectivity index (χ0) is 12.1. The van der Waals surface area contributed by atoms with E-state index in [4.69, 9.17) is 5.73 Å². The monoisotopic (exact) mass is 243 g/mol. The molecule has 0 aliphatic heterocycles. The van der Waals surface area contributed by atoms with Gasteiger partial charge in [-0.3, -0.25) is 4.21 Å². The summed E-state index contributed by atoms with van der Waals surface area (Å²) in [5, 5.41) is 6.02. The molecule has 16 heavy (non-hydrogen) atoms. The zero-order valence-corrected chi connectivity index (χ0v) is 10.5. The van der Waals surface area contributed by atoms with Crippen LogP contribution in [0.5, 0.6) is 0 Å². The molecule has 1 aromatic rings. The Morgan fingerprint density at radius 1 is 1.50 bits per heavy atom. The fourth-order valence-electron chi connectivity index (χ4n) is 1.31. The molecule has 1 heterocycles. The van der Waals surface area contributed by atoms with Crippen LogP contribution in [0.15, 0.2) is 6.07 Å². The maximum Gasteiger partial charge on any atom is 0.223 e. The van der Waals surface area contributed by atoms with Crippen molar-refractivity contribution < 1.29 is 4.21 Å². The van der Waals surface area contributed by atoms with Crippen molar-refractivity contribution in [2.45, 2.75) is 13.0 Å². The smallest absolute Gasteiger partial charge is 0.223 e. The molecular weight excluding hydrogens is 226 g/mol. The number of nitrogens with one attached hydrogen (secondary N) is 2. The molecule has 0 aromatic carbocycles. The predicted molar refractivity (Wildman–Crippen MR) is 68.0 cm³/mol. The Labute approximate surface area is 97.5 Å². The van der Waals surface area contributed by atoms with Crippen LogP contribution in [-0.2, 0) is 10.8 Å². The first-order valence-corrected chi connectivity index (χ1v) is 6.63. The van der Waals surface area contributed by atoms with E-state index >= 15 is 0 Å². The summed E-state index contributed by atoms with van der Waals surface area (Å²) in [6.07, 6.45) is 1.67. The molecule has 2 atom stereocenters. The van der Waals surface area contributed by atoms with Crippen LogP contribution in [-0.4, -0.2) is 39.3 Å². The number of hydrogen-bond donors (Lipinski definition) is 3. The highest BCUT2D eigenvalue weighted by Crippen LogP contribution is 2.12. The van der Waals surface area contributed by atoms with Gasteiger partial charge in [0.2, 0.25) is 5.95 Å². The van der Waals surface area contributed by atoms with Gasteiger partial charge in [-0.2, -0.15) is 9.97 Å². The summed E-state index contributed by atoms with van der Waals surface area (Å²) < 4.78 is 11.0.